The monoisotopic (exact) mass is 656 g/mol. The Hall–Kier alpha value is -2.82. The Bertz CT molecular complexity index is 1670. The number of aliphatic imine (C=N–C) groups is 1. The molecule has 3 aromatic rings. The molecule has 4 heterocycles. The highest BCUT2D eigenvalue weighted by Gasteiger charge is 2.44. The van der Waals surface area contributed by atoms with E-state index in [-0.39, 0.29) is 49.4 Å². The van der Waals surface area contributed by atoms with Gasteiger partial charge in [-0.1, -0.05) is 17.7 Å². The maximum absolute atomic E-state index is 14.0. The number of nitrogens with zero attached hydrogens (tertiary/aromatic N) is 5. The van der Waals surface area contributed by atoms with Crippen molar-refractivity contribution in [2.75, 3.05) is 13.2 Å². The van der Waals surface area contributed by atoms with Gasteiger partial charge in [-0.2, -0.15) is 13.9 Å². The van der Waals surface area contributed by atoms with Gasteiger partial charge in [-0.15, -0.1) is 11.3 Å². The van der Waals surface area contributed by atoms with E-state index in [2.05, 4.69) is 14.8 Å². The highest BCUT2D eigenvalue weighted by molar-refractivity contribution is 7.90. The van der Waals surface area contributed by atoms with Gasteiger partial charge < -0.3 is 15.1 Å². The van der Waals surface area contributed by atoms with Crippen molar-refractivity contribution in [2.45, 2.75) is 61.6 Å². The molecule has 1 saturated heterocycles. The zero-order chi connectivity index (χ0) is 30.5. The molecule has 3 aliphatic rings. The first-order valence-corrected chi connectivity index (χ1v) is 16.4. The summed E-state index contributed by atoms with van der Waals surface area (Å²) in [5.41, 5.74) is 0.397. The molecule has 0 amide bonds. The largest absolute Gasteiger partial charge is 0.393 e. The van der Waals surface area contributed by atoms with E-state index >= 15 is 0 Å². The summed E-state index contributed by atoms with van der Waals surface area (Å²) in [5, 5.41) is 25.6. The number of aromatic nitrogens is 3. The summed E-state index contributed by atoms with van der Waals surface area (Å²) in [6.45, 7) is -3.13. The minimum atomic E-state index is -3.83. The molecule has 0 spiro atoms. The molecule has 2 aromatic heterocycles. The lowest BCUT2D eigenvalue weighted by Gasteiger charge is -2.34. The summed E-state index contributed by atoms with van der Waals surface area (Å²) >= 11 is 7.82. The Kier molecular flexibility index (Phi) is 8.15. The number of benzene rings is 1. The fourth-order valence-corrected chi connectivity index (χ4v) is 8.54. The molecule has 0 bridgehead atoms. The fourth-order valence-electron chi connectivity index (χ4n) is 5.96. The molecule has 230 valence electrons. The van der Waals surface area contributed by atoms with Crippen molar-refractivity contribution in [1.29, 1.82) is 0 Å². The predicted molar refractivity (Wildman–Crippen MR) is 155 cm³/mol. The molecule has 0 radical (unpaired) electrons. The van der Waals surface area contributed by atoms with Gasteiger partial charge in [-0.05, 0) is 43.9 Å². The number of fused-ring (bicyclic) bond motifs is 1. The molecule has 1 aliphatic carbocycles. The number of aliphatic hydroxyl groups excluding tert-OH is 1. The average molecular weight is 657 g/mol. The summed E-state index contributed by atoms with van der Waals surface area (Å²) in [4.78, 5) is 11.2. The van der Waals surface area contributed by atoms with E-state index in [9.17, 15) is 31.8 Å². The summed E-state index contributed by atoms with van der Waals surface area (Å²) in [7, 11) is -3.83. The first-order valence-electron chi connectivity index (χ1n) is 13.6. The van der Waals surface area contributed by atoms with E-state index in [0.29, 0.717) is 32.4 Å². The number of halogens is 4. The van der Waals surface area contributed by atoms with Crippen molar-refractivity contribution < 1.29 is 31.8 Å². The maximum Gasteiger partial charge on any atom is 0.333 e. The molecule has 6 rings (SSSR count). The molecule has 43 heavy (non-hydrogen) atoms. The van der Waals surface area contributed by atoms with Crippen LogP contribution in [0.1, 0.15) is 61.0 Å². The minimum Gasteiger partial charge on any atom is -0.393 e. The summed E-state index contributed by atoms with van der Waals surface area (Å²) in [6.07, 6.45) is 3.65. The van der Waals surface area contributed by atoms with E-state index in [0.717, 1.165) is 12.3 Å². The van der Waals surface area contributed by atoms with Crippen LogP contribution in [-0.4, -0.2) is 74.2 Å². The topological polar surface area (TPSA) is 133 Å². The van der Waals surface area contributed by atoms with Crippen molar-refractivity contribution in [3.8, 4) is 0 Å². The SMILES string of the molecule is O=S(=O)(N[C@H]1CC2=C(c3ccn(C(F)F)n3)[C@H](c3ccc(F)cc3Cl)N=C(c3nccs3)N2C1)[C@H]1CC[C@](O)(CO)CC1. The van der Waals surface area contributed by atoms with E-state index < -0.39 is 51.9 Å². The molecule has 3 N–H and O–H groups in total. The number of hydrogen-bond acceptors (Lipinski definition) is 9. The highest BCUT2D eigenvalue weighted by atomic mass is 35.5. The standard InChI is InChI=1S/C27H28ClF3N6O4S2/c28-19-11-15(29)1-2-18(19)23-22(20-5-9-37(34-20)26(30)31)21-12-16(13-36(21)24(33-23)25-32-8-10-42-25)35-43(40,41)17-3-6-27(39,14-38)7-4-17/h1-2,5,8-11,16-17,23,26,35,38-39H,3-4,6-7,12-14H2/t16-,17-,23-,27+/m0/s1. The van der Waals surface area contributed by atoms with Gasteiger partial charge in [-0.25, -0.2) is 27.2 Å². The van der Waals surface area contributed by atoms with Crippen LogP contribution >= 0.6 is 22.9 Å². The lowest BCUT2D eigenvalue weighted by atomic mass is 9.85. The zero-order valence-electron chi connectivity index (χ0n) is 22.6. The van der Waals surface area contributed by atoms with Gasteiger partial charge in [0, 0.05) is 58.6 Å². The van der Waals surface area contributed by atoms with Crippen LogP contribution in [0.3, 0.4) is 0 Å². The molecule has 16 heteroatoms. The van der Waals surface area contributed by atoms with Crippen LogP contribution in [0.5, 0.6) is 0 Å². The molecule has 2 aliphatic heterocycles. The van der Waals surface area contributed by atoms with Gasteiger partial charge >= 0.3 is 6.55 Å². The third-order valence-electron chi connectivity index (χ3n) is 8.15. The van der Waals surface area contributed by atoms with Crippen molar-refractivity contribution in [3.05, 3.63) is 74.8 Å². The van der Waals surface area contributed by atoms with Crippen LogP contribution in [0.15, 0.2) is 52.7 Å². The van der Waals surface area contributed by atoms with Crippen molar-refractivity contribution in [2.24, 2.45) is 4.99 Å². The van der Waals surface area contributed by atoms with Crippen molar-refractivity contribution in [1.82, 2.24) is 24.4 Å². The van der Waals surface area contributed by atoms with Gasteiger partial charge in [0.15, 0.2) is 10.8 Å². The van der Waals surface area contributed by atoms with E-state index in [4.69, 9.17) is 16.6 Å². The lowest BCUT2D eigenvalue weighted by Crippen LogP contribution is -2.47. The molecule has 10 nitrogen and oxygen atoms in total. The molecular formula is C27H28ClF3N6O4S2. The number of rotatable bonds is 8. The second-order valence-corrected chi connectivity index (χ2v) is 14.2. The smallest absolute Gasteiger partial charge is 0.333 e. The summed E-state index contributed by atoms with van der Waals surface area (Å²) < 4.78 is 71.4. The van der Waals surface area contributed by atoms with E-state index in [1.54, 1.807) is 11.6 Å². The Morgan fingerprint density at radius 1 is 1.23 bits per heavy atom. The van der Waals surface area contributed by atoms with Gasteiger partial charge in [0.05, 0.1) is 23.2 Å². The number of aliphatic hydroxyl groups is 2. The normalized spacial score (nSPS) is 26.3. The first-order chi connectivity index (χ1) is 20.5. The lowest BCUT2D eigenvalue weighted by molar-refractivity contribution is -0.0413. The summed E-state index contributed by atoms with van der Waals surface area (Å²) in [6, 6.07) is 3.82. The highest BCUT2D eigenvalue weighted by Crippen LogP contribution is 2.46. The van der Waals surface area contributed by atoms with E-state index in [1.165, 1.54) is 29.5 Å². The van der Waals surface area contributed by atoms with Crippen molar-refractivity contribution >= 4 is 44.4 Å². The Balaban J connectivity index is 1.41. The molecule has 1 aromatic carbocycles. The Labute approximate surface area is 254 Å². The number of nitrogens with one attached hydrogen (secondary N) is 1. The molecule has 2 atom stereocenters. The quantitative estimate of drug-likeness (QED) is 0.333. The molecular weight excluding hydrogens is 629 g/mol. The minimum absolute atomic E-state index is 0.0856. The van der Waals surface area contributed by atoms with E-state index in [1.807, 2.05) is 4.90 Å². The number of amidine groups is 1. The zero-order valence-corrected chi connectivity index (χ0v) is 25.0. The third-order valence-corrected chi connectivity index (χ3v) is 11.3. The van der Waals surface area contributed by atoms with Crippen LogP contribution in [0.2, 0.25) is 5.02 Å². The Morgan fingerprint density at radius 3 is 2.63 bits per heavy atom. The first kappa shape index (κ1) is 30.2. The number of alkyl halides is 2. The molecule has 0 unspecified atom stereocenters. The summed E-state index contributed by atoms with van der Waals surface area (Å²) in [5.74, 6) is -0.109. The number of hydrogen-bond donors (Lipinski definition) is 3. The maximum atomic E-state index is 14.0. The van der Waals surface area contributed by atoms with Crippen LogP contribution < -0.4 is 4.72 Å². The number of thiazole rings is 1. The van der Waals surface area contributed by atoms with Gasteiger partial charge in [0.1, 0.15) is 11.9 Å². The Morgan fingerprint density at radius 2 is 2.00 bits per heavy atom. The van der Waals surface area contributed by atoms with Crippen LogP contribution in [0, 0.1) is 5.82 Å². The van der Waals surface area contributed by atoms with Crippen molar-refractivity contribution in [3.63, 3.8) is 0 Å². The third kappa shape index (κ3) is 5.85. The predicted octanol–water partition coefficient (Wildman–Crippen LogP) is 4.10. The average Bonchev–Trinajstić information content (AvgIpc) is 3.74. The van der Waals surface area contributed by atoms with Gasteiger partial charge in [-0.3, -0.25) is 4.99 Å². The van der Waals surface area contributed by atoms with Crippen LogP contribution in [-0.2, 0) is 10.0 Å². The molecule has 2 fully saturated rings. The second-order valence-electron chi connectivity index (χ2n) is 10.9. The van der Waals surface area contributed by atoms with Gasteiger partial charge in [0.2, 0.25) is 10.0 Å². The molecule has 1 saturated carbocycles. The van der Waals surface area contributed by atoms with Crippen LogP contribution in [0.4, 0.5) is 13.2 Å². The fraction of sp³-hybridized carbons (Fsp3) is 0.444. The second kappa shape index (κ2) is 11.6. The van der Waals surface area contributed by atoms with Crippen LogP contribution in [0.25, 0.3) is 5.57 Å². The number of sulfonamides is 1. The van der Waals surface area contributed by atoms with Gasteiger partial charge in [0.25, 0.3) is 0 Å².